The lowest BCUT2D eigenvalue weighted by Crippen LogP contribution is -2.03. The zero-order chi connectivity index (χ0) is 10.0. The van der Waals surface area contributed by atoms with Gasteiger partial charge >= 0.3 is 7.99 Å². The van der Waals surface area contributed by atoms with Crippen LogP contribution in [0, 0.1) is 0 Å². The summed E-state index contributed by atoms with van der Waals surface area (Å²) in [6, 6.07) is 0. The Morgan fingerprint density at radius 2 is 1.42 bits per heavy atom. The van der Waals surface area contributed by atoms with Gasteiger partial charge in [-0.2, -0.15) is 0 Å². The topological polar surface area (TPSA) is 87.0 Å². The summed E-state index contributed by atoms with van der Waals surface area (Å²) in [5.41, 5.74) is 0. The van der Waals surface area contributed by atoms with E-state index in [0.29, 0.717) is 13.2 Å². The van der Waals surface area contributed by atoms with Crippen molar-refractivity contribution in [1.29, 1.82) is 0 Å². The molecule has 0 rings (SSSR count). The first-order chi connectivity index (χ1) is 5.41. The standard InChI is InChI=1S/C4H10O3.F2HO2P/c5-1-3-7-4-2-6;1-5(2,3)4/h5-6H,1-4H2;(H,3,4). The number of hydrogen-bond acceptors (Lipinski definition) is 4. The van der Waals surface area contributed by atoms with E-state index in [1.807, 2.05) is 0 Å². The molecule has 0 aliphatic carbocycles. The maximum Gasteiger partial charge on any atom is 0.549 e. The van der Waals surface area contributed by atoms with Gasteiger partial charge in [0.2, 0.25) is 0 Å². The predicted octanol–water partition coefficient (Wildman–Crippen LogP) is 0.0134. The fraction of sp³-hybridized carbons (Fsp3) is 1.00. The molecule has 0 aromatic rings. The summed E-state index contributed by atoms with van der Waals surface area (Å²) >= 11 is 0. The van der Waals surface area contributed by atoms with Crippen LogP contribution in [0.4, 0.5) is 8.39 Å². The molecule has 0 aliphatic rings. The Labute approximate surface area is 68.3 Å². The molecule has 0 radical (unpaired) electrons. The maximum atomic E-state index is 10.1. The lowest BCUT2D eigenvalue weighted by atomic mass is 10.7. The molecule has 0 aromatic heterocycles. The molecule has 0 saturated heterocycles. The number of hydrogen-bond donors (Lipinski definition) is 3. The zero-order valence-electron chi connectivity index (χ0n) is 6.19. The van der Waals surface area contributed by atoms with Crippen molar-refractivity contribution in [3.63, 3.8) is 0 Å². The van der Waals surface area contributed by atoms with Gasteiger partial charge in [-0.25, -0.2) is 4.57 Å². The van der Waals surface area contributed by atoms with Crippen LogP contribution in [0.15, 0.2) is 0 Å². The van der Waals surface area contributed by atoms with Gasteiger partial charge in [-0.1, -0.05) is 0 Å². The SMILES string of the molecule is O=P(O)(F)F.OCCOCCO. The van der Waals surface area contributed by atoms with Gasteiger partial charge in [0.25, 0.3) is 0 Å². The van der Waals surface area contributed by atoms with E-state index >= 15 is 0 Å². The van der Waals surface area contributed by atoms with Crippen LogP contribution in [-0.2, 0) is 9.30 Å². The highest BCUT2D eigenvalue weighted by Crippen LogP contribution is 2.43. The monoisotopic (exact) mass is 208 g/mol. The van der Waals surface area contributed by atoms with Crippen molar-refractivity contribution >= 4 is 7.99 Å². The van der Waals surface area contributed by atoms with Gasteiger partial charge in [-0.3, -0.25) is 4.89 Å². The first-order valence-electron chi connectivity index (χ1n) is 2.93. The van der Waals surface area contributed by atoms with Gasteiger partial charge in [0.15, 0.2) is 0 Å². The lowest BCUT2D eigenvalue weighted by Gasteiger charge is -1.94. The van der Waals surface area contributed by atoms with E-state index in [0.717, 1.165) is 0 Å². The molecule has 0 unspecified atom stereocenters. The van der Waals surface area contributed by atoms with E-state index in [-0.39, 0.29) is 13.2 Å². The number of halogens is 2. The van der Waals surface area contributed by atoms with E-state index < -0.39 is 7.99 Å². The Morgan fingerprint density at radius 3 is 1.58 bits per heavy atom. The van der Waals surface area contributed by atoms with Crippen LogP contribution in [0.5, 0.6) is 0 Å². The third-order valence-corrected chi connectivity index (χ3v) is 0.471. The van der Waals surface area contributed by atoms with E-state index in [4.69, 9.17) is 19.7 Å². The molecule has 0 spiro atoms. The number of rotatable bonds is 4. The zero-order valence-corrected chi connectivity index (χ0v) is 7.08. The Kier molecular flexibility index (Phi) is 10.9. The average Bonchev–Trinajstić information content (AvgIpc) is 1.85. The summed E-state index contributed by atoms with van der Waals surface area (Å²) in [5, 5.41) is 16.2. The van der Waals surface area contributed by atoms with Crippen molar-refractivity contribution < 1.29 is 32.8 Å². The minimum absolute atomic E-state index is 0.0278. The minimum Gasteiger partial charge on any atom is -0.394 e. The van der Waals surface area contributed by atoms with Crippen LogP contribution in [0.3, 0.4) is 0 Å². The average molecular weight is 208 g/mol. The van der Waals surface area contributed by atoms with Gasteiger partial charge in [-0.05, 0) is 0 Å². The summed E-state index contributed by atoms with van der Waals surface area (Å²) in [6.45, 7) is 0.696. The molecule has 0 amide bonds. The van der Waals surface area contributed by atoms with E-state index in [1.165, 1.54) is 0 Å². The van der Waals surface area contributed by atoms with Gasteiger partial charge < -0.3 is 14.9 Å². The third-order valence-electron chi connectivity index (χ3n) is 0.471. The molecule has 5 nitrogen and oxygen atoms in total. The quantitative estimate of drug-likeness (QED) is 0.447. The summed E-state index contributed by atoms with van der Waals surface area (Å²) in [5.74, 6) is 0. The largest absolute Gasteiger partial charge is 0.549 e. The van der Waals surface area contributed by atoms with Gasteiger partial charge in [-0.15, -0.1) is 8.39 Å². The minimum atomic E-state index is -5.64. The molecule has 0 atom stereocenters. The smallest absolute Gasteiger partial charge is 0.394 e. The highest BCUT2D eigenvalue weighted by molar-refractivity contribution is 7.46. The second-order valence-corrected chi connectivity index (χ2v) is 2.36. The molecule has 0 aliphatic heterocycles. The highest BCUT2D eigenvalue weighted by Gasteiger charge is 2.09. The molecule has 8 heteroatoms. The summed E-state index contributed by atoms with van der Waals surface area (Å²) in [6.07, 6.45) is 0. The number of aliphatic hydroxyl groups excluding tert-OH is 2. The highest BCUT2D eigenvalue weighted by atomic mass is 31.2. The van der Waals surface area contributed by atoms with E-state index in [1.54, 1.807) is 0 Å². The van der Waals surface area contributed by atoms with Crippen molar-refractivity contribution in [3.8, 4) is 0 Å². The molecular formula is C4H11F2O5P. The molecule has 0 heterocycles. The normalized spacial score (nSPS) is 10.4. The first kappa shape index (κ1) is 14.5. The Morgan fingerprint density at radius 1 is 1.17 bits per heavy atom. The Hall–Kier alpha value is -0.0700. The van der Waals surface area contributed by atoms with Crippen molar-refractivity contribution in [2.45, 2.75) is 0 Å². The molecule has 0 aromatic carbocycles. The molecule has 12 heavy (non-hydrogen) atoms. The van der Waals surface area contributed by atoms with Crippen LogP contribution in [0.1, 0.15) is 0 Å². The first-order valence-corrected chi connectivity index (χ1v) is 4.37. The maximum absolute atomic E-state index is 10.1. The van der Waals surface area contributed by atoms with E-state index in [2.05, 4.69) is 4.74 Å². The molecule has 0 bridgehead atoms. The van der Waals surface area contributed by atoms with Crippen molar-refractivity contribution in [1.82, 2.24) is 0 Å². The third kappa shape index (κ3) is 51.3. The predicted molar refractivity (Wildman–Crippen MR) is 37.0 cm³/mol. The van der Waals surface area contributed by atoms with Crippen LogP contribution >= 0.6 is 7.99 Å². The second-order valence-electron chi connectivity index (χ2n) is 1.49. The van der Waals surface area contributed by atoms with Crippen LogP contribution in [-0.4, -0.2) is 41.5 Å². The molecule has 76 valence electrons. The van der Waals surface area contributed by atoms with Crippen molar-refractivity contribution in [3.05, 3.63) is 0 Å². The van der Waals surface area contributed by atoms with Gasteiger partial charge in [0, 0.05) is 0 Å². The fourth-order valence-corrected chi connectivity index (χ4v) is 0.231. The lowest BCUT2D eigenvalue weighted by molar-refractivity contribution is 0.0650. The summed E-state index contributed by atoms with van der Waals surface area (Å²) in [4.78, 5) is 6.74. The van der Waals surface area contributed by atoms with Gasteiger partial charge in [0.1, 0.15) is 0 Å². The number of aliphatic hydroxyl groups is 2. The summed E-state index contributed by atoms with van der Waals surface area (Å²) in [7, 11) is -5.64. The van der Waals surface area contributed by atoms with Crippen LogP contribution in [0.2, 0.25) is 0 Å². The molecule has 0 saturated carbocycles. The molecule has 0 fully saturated rings. The van der Waals surface area contributed by atoms with Crippen molar-refractivity contribution in [2.75, 3.05) is 26.4 Å². The van der Waals surface area contributed by atoms with Crippen LogP contribution < -0.4 is 0 Å². The molecule has 3 N–H and O–H groups in total. The Bertz CT molecular complexity index is 114. The Balaban J connectivity index is 0. The summed E-state index contributed by atoms with van der Waals surface area (Å²) < 4.78 is 33.3. The fourth-order valence-electron chi connectivity index (χ4n) is 0.231. The van der Waals surface area contributed by atoms with Crippen LogP contribution in [0.25, 0.3) is 0 Å². The molecular weight excluding hydrogens is 197 g/mol. The van der Waals surface area contributed by atoms with Crippen molar-refractivity contribution in [2.24, 2.45) is 0 Å². The second kappa shape index (κ2) is 9.02. The number of ether oxygens (including phenoxy) is 1. The van der Waals surface area contributed by atoms with E-state index in [9.17, 15) is 8.39 Å². The van der Waals surface area contributed by atoms with Gasteiger partial charge in [0.05, 0.1) is 26.4 Å².